The second-order valence-electron chi connectivity index (χ2n) is 12.8. The van der Waals surface area contributed by atoms with Crippen molar-refractivity contribution in [2.75, 3.05) is 23.7 Å². The Balaban J connectivity index is 1.42. The van der Waals surface area contributed by atoms with E-state index in [-0.39, 0.29) is 40.5 Å². The summed E-state index contributed by atoms with van der Waals surface area (Å²) in [6.07, 6.45) is 5.01. The fourth-order valence-electron chi connectivity index (χ4n) is 6.21. The monoisotopic (exact) mass is 712 g/mol. The molecule has 0 bridgehead atoms. The standard InChI is InChI=1S/C32H34Cl2N8O5S/c1-31(2,45)17-38-28(43)25-5-4-10-40(25)48(46,47)26-16-37-30-41(23-12-21(33)11-22(34)13-23)29(44)32(3,42(26)30)14-19-6-8-20(9-7-19)24-15-36-18-39-27(24)35/h6-9,11-13,15-16,18,25,45H,4-5,10,14,17H2,1-3H3,(H,38,43)(H2,35,36,39). The summed E-state index contributed by atoms with van der Waals surface area (Å²) >= 11 is 12.6. The first-order valence-corrected chi connectivity index (χ1v) is 17.4. The zero-order chi connectivity index (χ0) is 34.6. The molecule has 2 unspecified atom stereocenters. The molecule has 0 saturated carbocycles. The van der Waals surface area contributed by atoms with Gasteiger partial charge in [0.05, 0.1) is 17.5 Å². The summed E-state index contributed by atoms with van der Waals surface area (Å²) in [6, 6.07) is 10.9. The van der Waals surface area contributed by atoms with Crippen LogP contribution in [-0.4, -0.2) is 73.9 Å². The van der Waals surface area contributed by atoms with Crippen molar-refractivity contribution in [1.29, 1.82) is 0 Å². The van der Waals surface area contributed by atoms with Gasteiger partial charge in [-0.2, -0.15) is 4.31 Å². The first kappa shape index (κ1) is 33.8. The Morgan fingerprint density at radius 3 is 2.46 bits per heavy atom. The number of fused-ring (bicyclic) bond motifs is 1. The highest BCUT2D eigenvalue weighted by Crippen LogP contribution is 2.45. The van der Waals surface area contributed by atoms with Gasteiger partial charge in [-0.05, 0) is 62.9 Å². The second-order valence-corrected chi connectivity index (χ2v) is 15.5. The number of amides is 2. The van der Waals surface area contributed by atoms with Gasteiger partial charge in [0, 0.05) is 41.3 Å². The van der Waals surface area contributed by atoms with Crippen molar-refractivity contribution in [3.05, 3.63) is 76.8 Å². The van der Waals surface area contributed by atoms with Crippen molar-refractivity contribution in [2.24, 2.45) is 0 Å². The van der Waals surface area contributed by atoms with Crippen LogP contribution in [0.1, 0.15) is 39.2 Å². The van der Waals surface area contributed by atoms with Crippen LogP contribution in [0.5, 0.6) is 0 Å². The van der Waals surface area contributed by atoms with Crippen molar-refractivity contribution in [2.45, 2.75) is 62.2 Å². The third-order valence-corrected chi connectivity index (χ3v) is 10.8. The highest BCUT2D eigenvalue weighted by atomic mass is 35.5. The minimum atomic E-state index is -4.37. The Bertz CT molecular complexity index is 1990. The summed E-state index contributed by atoms with van der Waals surface area (Å²) in [7, 11) is -4.37. The topological polar surface area (TPSA) is 177 Å². The molecule has 4 heterocycles. The molecule has 1 saturated heterocycles. The van der Waals surface area contributed by atoms with E-state index in [2.05, 4.69) is 20.3 Å². The van der Waals surface area contributed by atoms with Crippen molar-refractivity contribution in [1.82, 2.24) is 29.1 Å². The minimum Gasteiger partial charge on any atom is -0.389 e. The van der Waals surface area contributed by atoms with Gasteiger partial charge >= 0.3 is 0 Å². The smallest absolute Gasteiger partial charge is 0.261 e. The van der Waals surface area contributed by atoms with Crippen LogP contribution in [0.15, 0.2) is 66.2 Å². The van der Waals surface area contributed by atoms with E-state index < -0.39 is 39.0 Å². The summed E-state index contributed by atoms with van der Waals surface area (Å²) in [6.45, 7) is 4.78. The molecular formula is C32H34Cl2N8O5S. The molecule has 2 aromatic carbocycles. The maximum Gasteiger partial charge on any atom is 0.261 e. The van der Waals surface area contributed by atoms with Gasteiger partial charge in [0.1, 0.15) is 23.7 Å². The molecule has 4 aromatic rings. The van der Waals surface area contributed by atoms with Crippen LogP contribution in [0, 0.1) is 0 Å². The average Bonchev–Trinajstić information content (AvgIpc) is 3.73. The van der Waals surface area contributed by atoms with E-state index in [1.807, 2.05) is 24.3 Å². The number of hydrogen-bond donors (Lipinski definition) is 3. The summed E-state index contributed by atoms with van der Waals surface area (Å²) in [5, 5.41) is 13.1. The van der Waals surface area contributed by atoms with Gasteiger partial charge in [0.2, 0.25) is 11.9 Å². The van der Waals surface area contributed by atoms with Crippen LogP contribution in [0.3, 0.4) is 0 Å². The molecule has 2 amide bonds. The van der Waals surface area contributed by atoms with Gasteiger partial charge in [-0.25, -0.2) is 28.3 Å². The number of anilines is 3. The number of nitrogens with one attached hydrogen (secondary N) is 1. The maximum atomic E-state index is 14.5. The lowest BCUT2D eigenvalue weighted by atomic mass is 9.91. The average molecular weight is 714 g/mol. The first-order chi connectivity index (χ1) is 22.6. The molecule has 13 nitrogen and oxygen atoms in total. The van der Waals surface area contributed by atoms with Crippen LogP contribution >= 0.6 is 23.2 Å². The Labute approximate surface area is 287 Å². The number of benzene rings is 2. The second kappa shape index (κ2) is 12.4. The highest BCUT2D eigenvalue weighted by molar-refractivity contribution is 7.89. The fraction of sp³-hybridized carbons (Fsp3) is 0.344. The normalized spacial score (nSPS) is 19.9. The number of hydrogen-bond acceptors (Lipinski definition) is 9. The number of halogens is 2. The van der Waals surface area contributed by atoms with Gasteiger partial charge < -0.3 is 16.2 Å². The van der Waals surface area contributed by atoms with E-state index >= 15 is 0 Å². The number of carbonyl (C=O) groups excluding carboxylic acids is 2. The van der Waals surface area contributed by atoms with Gasteiger partial charge in [0.15, 0.2) is 5.03 Å². The van der Waals surface area contributed by atoms with E-state index in [9.17, 15) is 23.1 Å². The van der Waals surface area contributed by atoms with Crippen molar-refractivity contribution in [3.8, 4) is 11.1 Å². The third-order valence-electron chi connectivity index (χ3n) is 8.50. The van der Waals surface area contributed by atoms with Crippen LogP contribution in [-0.2, 0) is 31.6 Å². The molecule has 6 rings (SSSR count). The Hall–Kier alpha value is -4.08. The van der Waals surface area contributed by atoms with E-state index in [0.29, 0.717) is 29.9 Å². The molecule has 2 aliphatic heterocycles. The molecule has 1 fully saturated rings. The quantitative estimate of drug-likeness (QED) is 0.232. The number of aromatic nitrogens is 4. The number of carbonyl (C=O) groups is 2. The molecule has 2 aliphatic rings. The van der Waals surface area contributed by atoms with Gasteiger partial charge in [-0.1, -0.05) is 47.5 Å². The van der Waals surface area contributed by atoms with Crippen molar-refractivity contribution < 1.29 is 23.1 Å². The number of nitrogens with two attached hydrogens (primary N) is 1. The molecule has 2 atom stereocenters. The van der Waals surface area contributed by atoms with E-state index in [0.717, 1.165) is 15.4 Å². The summed E-state index contributed by atoms with van der Waals surface area (Å²) in [5.74, 6) is -0.588. The summed E-state index contributed by atoms with van der Waals surface area (Å²) < 4.78 is 31.4. The molecular weight excluding hydrogens is 679 g/mol. The molecule has 0 radical (unpaired) electrons. The first-order valence-electron chi connectivity index (χ1n) is 15.2. The predicted molar refractivity (Wildman–Crippen MR) is 181 cm³/mol. The largest absolute Gasteiger partial charge is 0.389 e. The number of rotatable bonds is 9. The zero-order valence-electron chi connectivity index (χ0n) is 26.4. The number of nitrogens with zero attached hydrogens (tertiary/aromatic N) is 6. The van der Waals surface area contributed by atoms with Gasteiger partial charge in [-0.15, -0.1) is 0 Å². The predicted octanol–water partition coefficient (Wildman–Crippen LogP) is 3.91. The zero-order valence-corrected chi connectivity index (χ0v) is 28.7. The molecule has 0 aliphatic carbocycles. The molecule has 2 aromatic heterocycles. The maximum absolute atomic E-state index is 14.5. The molecule has 0 spiro atoms. The lowest BCUT2D eigenvalue weighted by Crippen LogP contribution is -2.49. The fourth-order valence-corrected chi connectivity index (χ4v) is 8.57. The number of aliphatic hydroxyl groups is 1. The summed E-state index contributed by atoms with van der Waals surface area (Å²) in [5.41, 5.74) is 5.83. The Kier molecular flexibility index (Phi) is 8.75. The lowest BCUT2D eigenvalue weighted by Gasteiger charge is -2.29. The van der Waals surface area contributed by atoms with E-state index in [4.69, 9.17) is 28.9 Å². The van der Waals surface area contributed by atoms with Gasteiger partial charge in [-0.3, -0.25) is 14.2 Å². The van der Waals surface area contributed by atoms with Crippen LogP contribution < -0.4 is 16.0 Å². The number of sulfonamides is 1. The Morgan fingerprint density at radius 2 is 1.81 bits per heavy atom. The minimum absolute atomic E-state index is 0.0509. The van der Waals surface area contributed by atoms with Crippen LogP contribution in [0.25, 0.3) is 11.1 Å². The van der Waals surface area contributed by atoms with Gasteiger partial charge in [0.25, 0.3) is 15.9 Å². The SMILES string of the molecule is CC(C)(O)CNC(=O)C1CCCN1S(=O)(=O)c1cnc2n1C(C)(Cc1ccc(-c3cncnc3N)cc1)C(=O)N2c1cc(Cl)cc(Cl)c1. The molecule has 16 heteroatoms. The molecule has 48 heavy (non-hydrogen) atoms. The van der Waals surface area contributed by atoms with Crippen molar-refractivity contribution in [3.63, 3.8) is 0 Å². The van der Waals surface area contributed by atoms with Crippen LogP contribution in [0.4, 0.5) is 17.5 Å². The van der Waals surface area contributed by atoms with E-state index in [1.54, 1.807) is 39.1 Å². The van der Waals surface area contributed by atoms with Crippen LogP contribution in [0.2, 0.25) is 10.0 Å². The Morgan fingerprint density at radius 1 is 1.12 bits per heavy atom. The number of imidazole rings is 1. The summed E-state index contributed by atoms with van der Waals surface area (Å²) in [4.78, 5) is 41.5. The van der Waals surface area contributed by atoms with E-state index in [1.165, 1.54) is 28.1 Å². The highest BCUT2D eigenvalue weighted by Gasteiger charge is 2.53. The molecule has 4 N–H and O–H groups in total. The number of nitrogen functional groups attached to an aromatic ring is 1. The molecule has 252 valence electrons. The van der Waals surface area contributed by atoms with Crippen molar-refractivity contribution >= 4 is 62.5 Å². The third kappa shape index (κ3) is 6.14. The lowest BCUT2D eigenvalue weighted by molar-refractivity contribution is -0.125.